The molecular weight excluding hydrogens is 354 g/mol. The van der Waals surface area contributed by atoms with Crippen molar-refractivity contribution in [3.63, 3.8) is 0 Å². The largest absolute Gasteiger partial charge is 0.494 e. The summed E-state index contributed by atoms with van der Waals surface area (Å²) in [6, 6.07) is 5.52. The van der Waals surface area contributed by atoms with Crippen molar-refractivity contribution in [3.8, 4) is 5.75 Å². The molecule has 118 valence electrons. The average Bonchev–Trinajstić information content (AvgIpc) is 2.44. The lowest BCUT2D eigenvalue weighted by atomic mass is 9.98. The number of hydrogen-bond acceptors (Lipinski definition) is 4. The van der Waals surface area contributed by atoms with Crippen LogP contribution in [-0.2, 0) is 9.84 Å². The molecule has 0 saturated carbocycles. The van der Waals surface area contributed by atoms with E-state index in [4.69, 9.17) is 4.74 Å². The van der Waals surface area contributed by atoms with E-state index in [-0.39, 0.29) is 17.0 Å². The quantitative estimate of drug-likeness (QED) is 0.858. The van der Waals surface area contributed by atoms with Crippen LogP contribution < -0.4 is 10.1 Å². The van der Waals surface area contributed by atoms with Crippen LogP contribution in [0.15, 0.2) is 22.7 Å². The molecule has 1 N–H and O–H groups in total. The van der Waals surface area contributed by atoms with Gasteiger partial charge in [0.15, 0.2) is 9.84 Å². The summed E-state index contributed by atoms with van der Waals surface area (Å²) in [4.78, 5) is 0. The van der Waals surface area contributed by atoms with E-state index in [9.17, 15) is 8.42 Å². The summed E-state index contributed by atoms with van der Waals surface area (Å²) in [6.07, 6.45) is 2.43. The Hall–Kier alpha value is -0.590. The minimum atomic E-state index is -3.06. The molecule has 2 rings (SSSR count). The molecule has 0 radical (unpaired) electrons. The van der Waals surface area contributed by atoms with Gasteiger partial charge in [0.1, 0.15) is 5.75 Å². The summed E-state index contributed by atoms with van der Waals surface area (Å²) in [5, 5.41) is 2.81. The molecule has 6 heteroatoms. The summed E-state index contributed by atoms with van der Waals surface area (Å²) >= 11 is 3.46. The molecule has 0 bridgehead atoms. The normalized spacial score (nSPS) is 22.7. The van der Waals surface area contributed by atoms with Crippen LogP contribution >= 0.6 is 15.9 Å². The molecule has 0 aromatic heterocycles. The lowest BCUT2D eigenvalue weighted by Gasteiger charge is -2.31. The van der Waals surface area contributed by atoms with Crippen LogP contribution in [-0.4, -0.2) is 33.1 Å². The highest BCUT2D eigenvalue weighted by atomic mass is 79.9. The molecule has 1 aliphatic rings. The summed E-state index contributed by atoms with van der Waals surface area (Å²) in [6.45, 7) is 2.49. The van der Waals surface area contributed by atoms with Gasteiger partial charge >= 0.3 is 0 Å². The number of sulfone groups is 1. The third kappa shape index (κ3) is 3.79. The zero-order valence-corrected chi connectivity index (χ0v) is 14.8. The lowest BCUT2D eigenvalue weighted by molar-refractivity contribution is 0.330. The monoisotopic (exact) mass is 375 g/mol. The highest BCUT2D eigenvalue weighted by Gasteiger charge is 2.36. The fraction of sp³-hybridized carbons (Fsp3) is 0.600. The molecule has 1 aliphatic heterocycles. The van der Waals surface area contributed by atoms with Crippen molar-refractivity contribution in [2.24, 2.45) is 0 Å². The van der Waals surface area contributed by atoms with Crippen molar-refractivity contribution >= 4 is 25.8 Å². The van der Waals surface area contributed by atoms with Crippen molar-refractivity contribution in [2.75, 3.05) is 19.4 Å². The summed E-state index contributed by atoms with van der Waals surface area (Å²) in [5.41, 5.74) is 0.907. The van der Waals surface area contributed by atoms with E-state index in [1.807, 2.05) is 32.2 Å². The smallest absolute Gasteiger partial charge is 0.155 e. The molecule has 1 aromatic carbocycles. The van der Waals surface area contributed by atoms with E-state index >= 15 is 0 Å². The van der Waals surface area contributed by atoms with Crippen molar-refractivity contribution in [2.45, 2.75) is 37.5 Å². The van der Waals surface area contributed by atoms with Gasteiger partial charge in [-0.05, 0) is 45.0 Å². The number of ether oxygens (including phenoxy) is 1. The third-order valence-corrected chi connectivity index (χ3v) is 6.70. The maximum atomic E-state index is 12.4. The van der Waals surface area contributed by atoms with Gasteiger partial charge in [0.2, 0.25) is 0 Å². The van der Waals surface area contributed by atoms with Gasteiger partial charge in [0, 0.05) is 10.0 Å². The Morgan fingerprint density at radius 2 is 2.19 bits per heavy atom. The SMILES string of the molecule is CCOc1ccc(Br)cc1C(NC)C1CCCCS1(=O)=O. The summed E-state index contributed by atoms with van der Waals surface area (Å²) < 4.78 is 31.4. The Morgan fingerprint density at radius 3 is 2.81 bits per heavy atom. The second-order valence-corrected chi connectivity index (χ2v) is 8.54. The van der Waals surface area contributed by atoms with Gasteiger partial charge in [0.25, 0.3) is 0 Å². The number of nitrogens with one attached hydrogen (secondary N) is 1. The van der Waals surface area contributed by atoms with E-state index in [1.165, 1.54) is 0 Å². The molecule has 2 unspecified atom stereocenters. The van der Waals surface area contributed by atoms with Crippen molar-refractivity contribution in [1.29, 1.82) is 0 Å². The first-order chi connectivity index (χ1) is 9.99. The standard InChI is InChI=1S/C15H22BrNO3S/c1-3-20-13-8-7-11(16)10-12(13)15(17-2)14-6-4-5-9-21(14,18)19/h7-8,10,14-15,17H,3-6,9H2,1-2H3. The predicted molar refractivity (Wildman–Crippen MR) is 88.5 cm³/mol. The molecule has 21 heavy (non-hydrogen) atoms. The number of halogens is 1. The molecule has 0 aliphatic carbocycles. The summed E-state index contributed by atoms with van der Waals surface area (Å²) in [7, 11) is -1.25. The maximum absolute atomic E-state index is 12.4. The van der Waals surface area contributed by atoms with E-state index in [1.54, 1.807) is 0 Å². The number of rotatable bonds is 5. The van der Waals surface area contributed by atoms with Gasteiger partial charge in [0.05, 0.1) is 23.7 Å². The Kier molecular flexibility index (Phi) is 5.68. The van der Waals surface area contributed by atoms with Gasteiger partial charge in [-0.15, -0.1) is 0 Å². The third-order valence-electron chi connectivity index (χ3n) is 3.92. The minimum Gasteiger partial charge on any atom is -0.494 e. The first-order valence-electron chi connectivity index (χ1n) is 7.30. The topological polar surface area (TPSA) is 55.4 Å². The van der Waals surface area contributed by atoms with Crippen molar-refractivity contribution < 1.29 is 13.2 Å². The molecule has 1 aromatic rings. The van der Waals surface area contributed by atoms with Crippen molar-refractivity contribution in [3.05, 3.63) is 28.2 Å². The molecule has 0 spiro atoms. The number of benzene rings is 1. The van der Waals surface area contributed by atoms with Crippen LogP contribution in [0, 0.1) is 0 Å². The van der Waals surface area contributed by atoms with E-state index in [0.29, 0.717) is 13.0 Å². The average molecular weight is 376 g/mol. The predicted octanol–water partition coefficient (Wildman–Crippen LogP) is 3.08. The summed E-state index contributed by atoms with van der Waals surface area (Å²) in [5.74, 6) is 1.04. The second kappa shape index (κ2) is 7.11. The molecule has 4 nitrogen and oxygen atoms in total. The fourth-order valence-electron chi connectivity index (χ4n) is 2.94. The minimum absolute atomic E-state index is 0.241. The van der Waals surface area contributed by atoms with Crippen LogP contribution in [0.3, 0.4) is 0 Å². The first kappa shape index (κ1) is 16.8. The van der Waals surface area contributed by atoms with Gasteiger partial charge in [-0.2, -0.15) is 0 Å². The molecular formula is C15H22BrNO3S. The van der Waals surface area contributed by atoms with E-state index in [2.05, 4.69) is 21.2 Å². The Balaban J connectivity index is 2.43. The zero-order valence-electron chi connectivity index (χ0n) is 12.4. The maximum Gasteiger partial charge on any atom is 0.155 e. The Morgan fingerprint density at radius 1 is 1.43 bits per heavy atom. The van der Waals surface area contributed by atoms with Gasteiger partial charge in [-0.3, -0.25) is 0 Å². The molecule has 1 heterocycles. The van der Waals surface area contributed by atoms with Crippen LogP contribution in [0.4, 0.5) is 0 Å². The zero-order chi connectivity index (χ0) is 15.5. The van der Waals surface area contributed by atoms with Gasteiger partial charge < -0.3 is 10.1 Å². The van der Waals surface area contributed by atoms with Gasteiger partial charge in [-0.1, -0.05) is 22.4 Å². The van der Waals surface area contributed by atoms with Crippen LogP contribution in [0.1, 0.15) is 37.8 Å². The molecule has 0 amide bonds. The molecule has 1 fully saturated rings. The Labute approximate surface area is 135 Å². The second-order valence-electron chi connectivity index (χ2n) is 5.28. The fourth-order valence-corrected chi connectivity index (χ4v) is 5.46. The first-order valence-corrected chi connectivity index (χ1v) is 9.81. The van der Waals surface area contributed by atoms with Crippen molar-refractivity contribution in [1.82, 2.24) is 5.32 Å². The Bertz CT molecular complexity index is 589. The van der Waals surface area contributed by atoms with Crippen LogP contribution in [0.5, 0.6) is 5.75 Å². The highest BCUT2D eigenvalue weighted by molar-refractivity contribution is 9.10. The highest BCUT2D eigenvalue weighted by Crippen LogP contribution is 2.36. The van der Waals surface area contributed by atoms with Crippen LogP contribution in [0.2, 0.25) is 0 Å². The lowest BCUT2D eigenvalue weighted by Crippen LogP contribution is -2.39. The number of hydrogen-bond donors (Lipinski definition) is 1. The van der Waals surface area contributed by atoms with Gasteiger partial charge in [-0.25, -0.2) is 8.42 Å². The van der Waals surface area contributed by atoms with E-state index < -0.39 is 9.84 Å². The molecule has 1 saturated heterocycles. The van der Waals surface area contributed by atoms with E-state index in [0.717, 1.165) is 28.6 Å². The van der Waals surface area contributed by atoms with Crippen LogP contribution in [0.25, 0.3) is 0 Å². The molecule has 2 atom stereocenters.